The zero-order chi connectivity index (χ0) is 19.6. The smallest absolute Gasteiger partial charge is 0.341 e. The van der Waals surface area contributed by atoms with Gasteiger partial charge in [0.15, 0.2) is 0 Å². The Morgan fingerprint density at radius 3 is 2.29 bits per heavy atom. The van der Waals surface area contributed by atoms with E-state index < -0.39 is 0 Å². The predicted molar refractivity (Wildman–Crippen MR) is 107 cm³/mol. The number of likely N-dealkylation sites (tertiary alicyclic amines) is 1. The van der Waals surface area contributed by atoms with Crippen molar-refractivity contribution in [2.24, 2.45) is 30.2 Å². The summed E-state index contributed by atoms with van der Waals surface area (Å²) in [5, 5.41) is 4.57. The van der Waals surface area contributed by atoms with Gasteiger partial charge in [-0.25, -0.2) is 9.48 Å². The lowest BCUT2D eigenvalue weighted by Crippen LogP contribution is -2.56. The van der Waals surface area contributed by atoms with Crippen molar-refractivity contribution in [1.29, 1.82) is 0 Å². The highest BCUT2D eigenvalue weighted by atomic mass is 16.2. The lowest BCUT2D eigenvalue weighted by atomic mass is 9.49. The Hall–Kier alpha value is -1.59. The maximum absolute atomic E-state index is 13.8. The van der Waals surface area contributed by atoms with Crippen molar-refractivity contribution in [2.75, 3.05) is 13.1 Å². The molecule has 1 aromatic heterocycles. The summed E-state index contributed by atoms with van der Waals surface area (Å²) in [4.78, 5) is 28.4. The van der Waals surface area contributed by atoms with E-state index in [-0.39, 0.29) is 23.1 Å². The number of amides is 1. The predicted octanol–water partition coefficient (Wildman–Crippen LogP) is 3.09. The molecule has 6 rings (SSSR count). The second kappa shape index (κ2) is 6.46. The van der Waals surface area contributed by atoms with Crippen LogP contribution in [0.2, 0.25) is 0 Å². The molecular weight excluding hydrogens is 352 g/mol. The Bertz CT molecular complexity index is 801. The highest BCUT2D eigenvalue weighted by Gasteiger charge is 2.55. The minimum absolute atomic E-state index is 0.0467. The highest BCUT2D eigenvalue weighted by Crippen LogP contribution is 2.60. The summed E-state index contributed by atoms with van der Waals surface area (Å²) in [5.74, 6) is 3.83. The van der Waals surface area contributed by atoms with Gasteiger partial charge < -0.3 is 4.90 Å². The first-order valence-electron chi connectivity index (χ1n) is 11.3. The van der Waals surface area contributed by atoms with Gasteiger partial charge >= 0.3 is 5.69 Å². The van der Waals surface area contributed by atoms with Crippen molar-refractivity contribution in [3.63, 3.8) is 0 Å². The summed E-state index contributed by atoms with van der Waals surface area (Å²) < 4.78 is 3.28. The number of aryl methyl sites for hydroxylation is 1. The van der Waals surface area contributed by atoms with Crippen LogP contribution < -0.4 is 5.69 Å². The summed E-state index contributed by atoms with van der Waals surface area (Å²) in [5.41, 5.74) is -0.118. The molecule has 4 aliphatic carbocycles. The molecular formula is C22H34N4O2. The van der Waals surface area contributed by atoms with Crippen molar-refractivity contribution in [1.82, 2.24) is 19.2 Å². The van der Waals surface area contributed by atoms with Crippen LogP contribution in [0.4, 0.5) is 0 Å². The third-order valence-electron chi connectivity index (χ3n) is 8.06. The SMILES string of the molecule is CC(C)n1c(C2CCCN(C(=O)C34CC5CC(CC(C5)C3)C4)C2)nn(C)c1=O. The molecule has 1 aromatic rings. The number of carbonyl (C=O) groups excluding carboxylic acids is 1. The Kier molecular flexibility index (Phi) is 4.25. The van der Waals surface area contributed by atoms with E-state index in [4.69, 9.17) is 0 Å². The first-order valence-corrected chi connectivity index (χ1v) is 11.3. The van der Waals surface area contributed by atoms with Crippen molar-refractivity contribution < 1.29 is 4.79 Å². The molecule has 1 amide bonds. The van der Waals surface area contributed by atoms with E-state index >= 15 is 0 Å². The molecule has 4 saturated carbocycles. The number of aromatic nitrogens is 3. The summed E-state index contributed by atoms with van der Waals surface area (Å²) in [6.07, 6.45) is 9.48. The highest BCUT2D eigenvalue weighted by molar-refractivity contribution is 5.83. The van der Waals surface area contributed by atoms with Crippen LogP contribution in [0, 0.1) is 23.2 Å². The number of hydrogen-bond acceptors (Lipinski definition) is 3. The Labute approximate surface area is 167 Å². The summed E-state index contributed by atoms with van der Waals surface area (Å²) in [7, 11) is 1.73. The van der Waals surface area contributed by atoms with Crippen LogP contribution in [0.1, 0.15) is 83.0 Å². The van der Waals surface area contributed by atoms with E-state index in [1.54, 1.807) is 7.05 Å². The summed E-state index contributed by atoms with van der Waals surface area (Å²) in [6.45, 7) is 5.67. The van der Waals surface area contributed by atoms with E-state index in [1.165, 1.54) is 23.9 Å². The van der Waals surface area contributed by atoms with Crippen molar-refractivity contribution in [3.8, 4) is 0 Å². The third kappa shape index (κ3) is 2.78. The molecule has 5 fully saturated rings. The van der Waals surface area contributed by atoms with E-state index in [0.29, 0.717) is 5.91 Å². The quantitative estimate of drug-likeness (QED) is 0.802. The van der Waals surface area contributed by atoms with Gasteiger partial charge in [0.1, 0.15) is 5.82 Å². The lowest BCUT2D eigenvalue weighted by Gasteiger charge is -2.57. The molecule has 0 spiro atoms. The average molecular weight is 387 g/mol. The maximum Gasteiger partial charge on any atom is 0.345 e. The molecule has 0 radical (unpaired) electrons. The molecule has 154 valence electrons. The first-order chi connectivity index (χ1) is 13.4. The minimum Gasteiger partial charge on any atom is -0.341 e. The van der Waals surface area contributed by atoms with Gasteiger partial charge in [0, 0.05) is 32.1 Å². The molecule has 5 aliphatic rings. The first kappa shape index (κ1) is 18.4. The molecule has 4 bridgehead atoms. The van der Waals surface area contributed by atoms with Gasteiger partial charge in [-0.3, -0.25) is 9.36 Å². The molecule has 2 heterocycles. The number of hydrogen-bond donors (Lipinski definition) is 0. The van der Waals surface area contributed by atoms with Gasteiger partial charge in [0.25, 0.3) is 0 Å². The van der Waals surface area contributed by atoms with E-state index in [9.17, 15) is 9.59 Å². The zero-order valence-corrected chi connectivity index (χ0v) is 17.6. The van der Waals surface area contributed by atoms with Crippen LogP contribution in [0.3, 0.4) is 0 Å². The topological polar surface area (TPSA) is 60.1 Å². The van der Waals surface area contributed by atoms with Crippen LogP contribution in [0.25, 0.3) is 0 Å². The van der Waals surface area contributed by atoms with Gasteiger partial charge in [0.2, 0.25) is 5.91 Å². The van der Waals surface area contributed by atoms with Crippen molar-refractivity contribution in [2.45, 2.75) is 77.2 Å². The minimum atomic E-state index is -0.0710. The maximum atomic E-state index is 13.8. The number of rotatable bonds is 3. The second-order valence-electron chi connectivity index (χ2n) is 10.5. The van der Waals surface area contributed by atoms with E-state index in [2.05, 4.69) is 10.00 Å². The number of nitrogens with zero attached hydrogens (tertiary/aromatic N) is 4. The standard InChI is InChI=1S/C22H34N4O2/c1-14(2)26-19(23-24(3)21(26)28)18-5-4-6-25(13-18)20(27)22-10-15-7-16(11-22)9-17(8-15)12-22/h14-18H,4-13H2,1-3H3. The molecule has 28 heavy (non-hydrogen) atoms. The second-order valence-corrected chi connectivity index (χ2v) is 10.5. The van der Waals surface area contributed by atoms with Crippen LogP contribution in [0.5, 0.6) is 0 Å². The Morgan fingerprint density at radius 2 is 1.71 bits per heavy atom. The van der Waals surface area contributed by atoms with E-state index in [1.807, 2.05) is 18.4 Å². The fourth-order valence-electron chi connectivity index (χ4n) is 7.34. The number of piperidine rings is 1. The lowest BCUT2D eigenvalue weighted by molar-refractivity contribution is -0.159. The summed E-state index contributed by atoms with van der Waals surface area (Å²) >= 11 is 0. The van der Waals surface area contributed by atoms with Crippen LogP contribution in [0.15, 0.2) is 4.79 Å². The molecule has 6 heteroatoms. The third-order valence-corrected chi connectivity index (χ3v) is 8.06. The molecule has 1 aliphatic heterocycles. The van der Waals surface area contributed by atoms with Crippen LogP contribution in [-0.4, -0.2) is 38.2 Å². The Morgan fingerprint density at radius 1 is 1.11 bits per heavy atom. The van der Waals surface area contributed by atoms with Crippen LogP contribution in [-0.2, 0) is 11.8 Å². The molecule has 6 nitrogen and oxygen atoms in total. The van der Waals surface area contributed by atoms with Gasteiger partial charge in [-0.15, -0.1) is 0 Å². The van der Waals surface area contributed by atoms with Gasteiger partial charge in [-0.2, -0.15) is 5.10 Å². The largest absolute Gasteiger partial charge is 0.345 e. The molecule has 1 unspecified atom stereocenters. The van der Waals surface area contributed by atoms with Crippen molar-refractivity contribution >= 4 is 5.91 Å². The normalized spacial score (nSPS) is 37.1. The Balaban J connectivity index is 1.39. The fourth-order valence-corrected chi connectivity index (χ4v) is 7.34. The average Bonchev–Trinajstić information content (AvgIpc) is 2.95. The molecule has 0 aromatic carbocycles. The van der Waals surface area contributed by atoms with Gasteiger partial charge in [-0.1, -0.05) is 0 Å². The fraction of sp³-hybridized carbons (Fsp3) is 0.864. The van der Waals surface area contributed by atoms with Gasteiger partial charge in [-0.05, 0) is 83.0 Å². The molecule has 1 saturated heterocycles. The number of carbonyl (C=O) groups is 1. The zero-order valence-electron chi connectivity index (χ0n) is 17.6. The van der Waals surface area contributed by atoms with Crippen molar-refractivity contribution in [3.05, 3.63) is 16.3 Å². The monoisotopic (exact) mass is 386 g/mol. The summed E-state index contributed by atoms with van der Waals surface area (Å²) in [6, 6.07) is 0.0884. The van der Waals surface area contributed by atoms with Crippen LogP contribution >= 0.6 is 0 Å². The van der Waals surface area contributed by atoms with Gasteiger partial charge in [0.05, 0.1) is 5.41 Å². The van der Waals surface area contributed by atoms with E-state index in [0.717, 1.165) is 68.8 Å². The molecule has 0 N–H and O–H groups in total. The molecule has 1 atom stereocenters.